The van der Waals surface area contributed by atoms with Crippen molar-refractivity contribution in [3.63, 3.8) is 0 Å². The molecule has 1 fully saturated rings. The Bertz CT molecular complexity index is 1450. The number of methoxy groups -OCH3 is 1. The van der Waals surface area contributed by atoms with E-state index in [1.807, 2.05) is 39.0 Å². The number of hydrogen-bond donors (Lipinski definition) is 2. The first-order valence-electron chi connectivity index (χ1n) is 18.0. The van der Waals surface area contributed by atoms with E-state index < -0.39 is 11.0 Å². The van der Waals surface area contributed by atoms with Crippen LogP contribution in [-0.2, 0) is 22.1 Å². The lowest BCUT2D eigenvalue weighted by Crippen LogP contribution is -2.44. The number of allylic oxidation sites excluding steroid dienone is 1. The van der Waals surface area contributed by atoms with E-state index >= 15 is 0 Å². The molecule has 7 nitrogen and oxygen atoms in total. The first-order chi connectivity index (χ1) is 23.4. The number of carbonyl (C=O) groups excluding carboxylic acids is 1. The second kappa shape index (κ2) is 19.7. The molecule has 272 valence electrons. The van der Waals surface area contributed by atoms with Crippen LogP contribution >= 0.6 is 11.6 Å². The van der Waals surface area contributed by atoms with E-state index in [4.69, 9.17) is 26.2 Å². The molecule has 1 amide bonds. The molecule has 49 heavy (non-hydrogen) atoms. The van der Waals surface area contributed by atoms with Crippen LogP contribution in [0.25, 0.3) is 0 Å². The van der Waals surface area contributed by atoms with Crippen molar-refractivity contribution in [1.29, 1.82) is 0 Å². The number of ether oxygens (including phenoxy) is 2. The number of nitrogens with zero attached hydrogens (tertiary/aromatic N) is 1. The quantitative estimate of drug-likeness (QED) is 0.302. The molecule has 5 rings (SSSR count). The smallest absolute Gasteiger partial charge is 0.263 e. The highest BCUT2D eigenvalue weighted by molar-refractivity contribution is 7.84. The molecular formula is C40H59ClN2O5S. The van der Waals surface area contributed by atoms with Crippen LogP contribution in [-0.4, -0.2) is 59.5 Å². The number of amides is 1. The number of carbonyl (C=O) groups is 1. The molecule has 1 saturated carbocycles. The molecule has 8 atom stereocenters. The predicted molar refractivity (Wildman–Crippen MR) is 205 cm³/mol. The minimum absolute atomic E-state index is 0.0478. The van der Waals surface area contributed by atoms with E-state index in [1.54, 1.807) is 27.0 Å². The highest BCUT2D eigenvalue weighted by atomic mass is 35.5. The normalized spacial score (nSPS) is 27.9. The molecule has 1 aliphatic carbocycles. The van der Waals surface area contributed by atoms with Crippen molar-refractivity contribution in [3.8, 4) is 5.75 Å². The number of halogens is 1. The van der Waals surface area contributed by atoms with Crippen molar-refractivity contribution in [2.75, 3.05) is 31.7 Å². The van der Waals surface area contributed by atoms with Gasteiger partial charge in [-0.1, -0.05) is 76.1 Å². The summed E-state index contributed by atoms with van der Waals surface area (Å²) in [6, 6.07) is 11.8. The van der Waals surface area contributed by atoms with Crippen LogP contribution in [0.2, 0.25) is 5.02 Å². The van der Waals surface area contributed by atoms with E-state index in [0.29, 0.717) is 24.0 Å². The number of benzene rings is 2. The average Bonchev–Trinajstić information content (AvgIpc) is 3.25. The SMILES string of the molecule is C=C(C)C(C)O.CC.CCCc1cc(Cl)ccc1C1COc2ccc3cc2N(C1)CC1CCC1C(OC)/C=C/CC(C)C(C)S(=O)NC3=O. The van der Waals surface area contributed by atoms with Crippen LogP contribution < -0.4 is 14.4 Å². The molecule has 2 bridgehead atoms. The summed E-state index contributed by atoms with van der Waals surface area (Å²) in [6.07, 6.45) is 9.12. The summed E-state index contributed by atoms with van der Waals surface area (Å²) in [7, 11) is 0.296. The van der Waals surface area contributed by atoms with E-state index in [-0.39, 0.29) is 35.2 Å². The molecular weight excluding hydrogens is 656 g/mol. The van der Waals surface area contributed by atoms with Gasteiger partial charge in [-0.25, -0.2) is 4.21 Å². The number of rotatable bonds is 5. The van der Waals surface area contributed by atoms with Crippen LogP contribution in [0.3, 0.4) is 0 Å². The number of aryl methyl sites for hydroxylation is 1. The number of fused-ring (bicyclic) bond motifs is 2. The van der Waals surface area contributed by atoms with E-state index in [2.05, 4.69) is 54.3 Å². The van der Waals surface area contributed by atoms with Gasteiger partial charge in [-0.05, 0) is 106 Å². The zero-order chi connectivity index (χ0) is 36.2. The van der Waals surface area contributed by atoms with Gasteiger partial charge in [0.2, 0.25) is 0 Å². The highest BCUT2D eigenvalue weighted by Crippen LogP contribution is 2.43. The molecule has 2 aromatic carbocycles. The Kier molecular flexibility index (Phi) is 16.4. The largest absolute Gasteiger partial charge is 0.491 e. The lowest BCUT2D eigenvalue weighted by Gasteiger charge is -2.43. The molecule has 0 aromatic heterocycles. The lowest BCUT2D eigenvalue weighted by molar-refractivity contribution is 0.0134. The fourth-order valence-electron chi connectivity index (χ4n) is 6.46. The van der Waals surface area contributed by atoms with Gasteiger partial charge < -0.3 is 19.5 Å². The maximum Gasteiger partial charge on any atom is 0.263 e. The number of nitrogens with one attached hydrogen (secondary N) is 1. The Morgan fingerprint density at radius 1 is 1.18 bits per heavy atom. The van der Waals surface area contributed by atoms with Crippen LogP contribution in [0.5, 0.6) is 5.75 Å². The minimum Gasteiger partial charge on any atom is -0.491 e. The summed E-state index contributed by atoms with van der Waals surface area (Å²) >= 11 is 6.40. The van der Waals surface area contributed by atoms with Crippen molar-refractivity contribution >= 4 is 34.2 Å². The third-order valence-electron chi connectivity index (χ3n) is 10.0. The topological polar surface area (TPSA) is 88.1 Å². The standard InChI is InChI=1S/C33H43ClN2O4S.C5H10O.C2H6/c1-5-7-23-16-27(34)12-14-28(23)26-19-36-18-25-10-13-29(25)31(39-4)9-6-8-21(2)22(3)41(38)35-33(37)24-11-15-32(40-20-26)30(36)17-24;1-4(2)5(3)6;1-2/h6,9,11-12,14-17,21-22,25-26,29,31H,5,7-8,10,13,18-20H2,1-4H3,(H,35,37);5-6H,1H2,2-3H3;1-2H3/b9-6+;;. The molecule has 8 unspecified atom stereocenters. The predicted octanol–water partition coefficient (Wildman–Crippen LogP) is 8.66. The maximum absolute atomic E-state index is 13.3. The van der Waals surface area contributed by atoms with Gasteiger partial charge in [-0.3, -0.25) is 9.52 Å². The fraction of sp³-hybridized carbons (Fsp3) is 0.575. The third kappa shape index (κ3) is 10.9. The van der Waals surface area contributed by atoms with Gasteiger partial charge in [0, 0.05) is 36.7 Å². The van der Waals surface area contributed by atoms with E-state index in [9.17, 15) is 9.00 Å². The summed E-state index contributed by atoms with van der Waals surface area (Å²) < 4.78 is 28.3. The number of aliphatic hydroxyl groups excluding tert-OH is 1. The second-order valence-corrected chi connectivity index (χ2v) is 15.5. The lowest BCUT2D eigenvalue weighted by atomic mass is 9.70. The van der Waals surface area contributed by atoms with E-state index in [0.717, 1.165) is 67.2 Å². The van der Waals surface area contributed by atoms with Crippen LogP contribution in [0.4, 0.5) is 5.69 Å². The Hall–Kier alpha value is -2.65. The Balaban J connectivity index is 0.000000735. The zero-order valence-corrected chi connectivity index (χ0v) is 32.4. The van der Waals surface area contributed by atoms with Crippen LogP contribution in [0, 0.1) is 17.8 Å². The summed E-state index contributed by atoms with van der Waals surface area (Å²) in [6.45, 7) is 19.4. The second-order valence-electron chi connectivity index (χ2n) is 13.5. The minimum atomic E-state index is -1.50. The van der Waals surface area contributed by atoms with Gasteiger partial charge in [0.1, 0.15) is 16.7 Å². The van der Waals surface area contributed by atoms with Crippen molar-refractivity contribution in [2.45, 2.75) is 104 Å². The number of anilines is 1. The van der Waals surface area contributed by atoms with Gasteiger partial charge in [0.05, 0.1) is 29.8 Å². The molecule has 2 heterocycles. The molecule has 0 radical (unpaired) electrons. The molecule has 2 aromatic rings. The van der Waals surface area contributed by atoms with E-state index in [1.165, 1.54) is 11.1 Å². The maximum atomic E-state index is 13.3. The number of aliphatic hydroxyl groups is 1. The summed E-state index contributed by atoms with van der Waals surface area (Å²) in [5.41, 5.74) is 4.77. The van der Waals surface area contributed by atoms with Crippen molar-refractivity contribution < 1.29 is 23.6 Å². The van der Waals surface area contributed by atoms with Crippen molar-refractivity contribution in [3.05, 3.63) is 82.4 Å². The van der Waals surface area contributed by atoms with Gasteiger partial charge in [-0.2, -0.15) is 0 Å². The summed E-state index contributed by atoms with van der Waals surface area (Å²) in [5.74, 6) is 1.64. The molecule has 9 heteroatoms. The number of hydrogen-bond acceptors (Lipinski definition) is 6. The molecule has 3 aliphatic rings. The Labute approximate surface area is 303 Å². The highest BCUT2D eigenvalue weighted by Gasteiger charge is 2.39. The first kappa shape index (κ1) is 40.8. The van der Waals surface area contributed by atoms with Crippen molar-refractivity contribution in [1.82, 2.24) is 4.72 Å². The fourth-order valence-corrected chi connectivity index (χ4v) is 7.68. The molecule has 2 aliphatic heterocycles. The zero-order valence-electron chi connectivity index (χ0n) is 30.8. The Morgan fingerprint density at radius 2 is 1.90 bits per heavy atom. The Morgan fingerprint density at radius 3 is 2.51 bits per heavy atom. The monoisotopic (exact) mass is 714 g/mol. The van der Waals surface area contributed by atoms with Gasteiger partial charge in [0.25, 0.3) is 5.91 Å². The van der Waals surface area contributed by atoms with Gasteiger partial charge >= 0.3 is 0 Å². The first-order valence-corrected chi connectivity index (χ1v) is 19.6. The van der Waals surface area contributed by atoms with Crippen LogP contribution in [0.1, 0.15) is 102 Å². The average molecular weight is 715 g/mol. The summed E-state index contributed by atoms with van der Waals surface area (Å²) in [5, 5.41) is 9.10. The molecule has 0 spiro atoms. The van der Waals surface area contributed by atoms with Crippen LogP contribution in [0.15, 0.2) is 60.7 Å². The third-order valence-corrected chi connectivity index (χ3v) is 11.8. The van der Waals surface area contributed by atoms with Gasteiger partial charge in [-0.15, -0.1) is 0 Å². The summed E-state index contributed by atoms with van der Waals surface area (Å²) in [4.78, 5) is 15.7. The van der Waals surface area contributed by atoms with Gasteiger partial charge in [0.15, 0.2) is 0 Å². The molecule has 0 saturated heterocycles. The molecule has 2 N–H and O–H groups in total. The van der Waals surface area contributed by atoms with Crippen molar-refractivity contribution in [2.24, 2.45) is 17.8 Å².